The van der Waals surface area contributed by atoms with E-state index in [9.17, 15) is 5.11 Å². The number of hydrogen-bond donors (Lipinski definition) is 1. The van der Waals surface area contributed by atoms with Crippen LogP contribution in [0.5, 0.6) is 0 Å². The molecule has 3 rings (SSSR count). The molecule has 0 saturated carbocycles. The van der Waals surface area contributed by atoms with Crippen molar-refractivity contribution in [1.29, 1.82) is 0 Å². The van der Waals surface area contributed by atoms with Crippen molar-refractivity contribution in [3.63, 3.8) is 0 Å². The second-order valence-electron chi connectivity index (χ2n) is 6.04. The summed E-state index contributed by atoms with van der Waals surface area (Å²) in [5.74, 6) is 0. The molecule has 2 nitrogen and oxygen atoms in total. The van der Waals surface area contributed by atoms with E-state index in [1.165, 1.54) is 0 Å². The zero-order valence-corrected chi connectivity index (χ0v) is 14.4. The van der Waals surface area contributed by atoms with E-state index in [-0.39, 0.29) is 6.04 Å². The number of nitrogens with zero attached hydrogens (tertiary/aromatic N) is 1. The number of hydrogen-bond acceptors (Lipinski definition) is 2. The summed E-state index contributed by atoms with van der Waals surface area (Å²) in [6, 6.07) is 29.9. The predicted octanol–water partition coefficient (Wildman–Crippen LogP) is 5.04. The minimum Gasteiger partial charge on any atom is -0.386 e. The van der Waals surface area contributed by atoms with E-state index in [4.69, 9.17) is 4.99 Å². The maximum Gasteiger partial charge on any atom is 0.101 e. The van der Waals surface area contributed by atoms with E-state index in [0.29, 0.717) is 0 Å². The Balaban J connectivity index is 2.02. The highest BCUT2D eigenvalue weighted by Crippen LogP contribution is 2.23. The summed E-state index contributed by atoms with van der Waals surface area (Å²) < 4.78 is 0. The molecule has 126 valence electrons. The Morgan fingerprint density at radius 3 is 1.64 bits per heavy atom. The van der Waals surface area contributed by atoms with E-state index in [2.05, 4.69) is 31.2 Å². The van der Waals surface area contributed by atoms with E-state index >= 15 is 0 Å². The van der Waals surface area contributed by atoms with Gasteiger partial charge in [0.2, 0.25) is 0 Å². The van der Waals surface area contributed by atoms with Gasteiger partial charge in [0.1, 0.15) is 6.10 Å². The summed E-state index contributed by atoms with van der Waals surface area (Å²) in [6.07, 6.45) is 0.146. The van der Waals surface area contributed by atoms with Crippen molar-refractivity contribution >= 4 is 5.71 Å². The quantitative estimate of drug-likeness (QED) is 0.632. The largest absolute Gasteiger partial charge is 0.386 e. The first kappa shape index (κ1) is 17.1. The van der Waals surface area contributed by atoms with Crippen LogP contribution in [0.15, 0.2) is 96.0 Å². The lowest BCUT2D eigenvalue weighted by Gasteiger charge is -2.20. The maximum absolute atomic E-state index is 10.8. The molecule has 0 bridgehead atoms. The highest BCUT2D eigenvalue weighted by molar-refractivity contribution is 6.12. The lowest BCUT2D eigenvalue weighted by atomic mass is 9.98. The lowest BCUT2D eigenvalue weighted by Crippen LogP contribution is -2.19. The zero-order chi connectivity index (χ0) is 17.5. The van der Waals surface area contributed by atoms with Gasteiger partial charge >= 0.3 is 0 Å². The van der Waals surface area contributed by atoms with Crippen LogP contribution in [0.25, 0.3) is 0 Å². The molecule has 3 aromatic rings. The third-order valence-electron chi connectivity index (χ3n) is 4.31. The van der Waals surface area contributed by atoms with Crippen molar-refractivity contribution in [2.45, 2.75) is 25.5 Å². The van der Waals surface area contributed by atoms with Crippen molar-refractivity contribution < 1.29 is 5.11 Å². The maximum atomic E-state index is 10.8. The summed E-state index contributed by atoms with van der Waals surface area (Å²) in [5, 5.41) is 10.8. The Kier molecular flexibility index (Phi) is 5.76. The smallest absolute Gasteiger partial charge is 0.101 e. The Bertz CT molecular complexity index is 756. The van der Waals surface area contributed by atoms with E-state index < -0.39 is 6.10 Å². The topological polar surface area (TPSA) is 32.6 Å². The van der Waals surface area contributed by atoms with E-state index in [1.807, 2.05) is 66.7 Å². The molecule has 0 radical (unpaired) electrons. The molecular weight excluding hydrogens is 306 g/mol. The molecular formula is C23H23NO. The van der Waals surface area contributed by atoms with Crippen LogP contribution < -0.4 is 0 Å². The molecule has 0 aromatic heterocycles. The average molecular weight is 329 g/mol. The Morgan fingerprint density at radius 2 is 1.20 bits per heavy atom. The van der Waals surface area contributed by atoms with Gasteiger partial charge in [-0.1, -0.05) is 97.9 Å². The molecule has 0 saturated heterocycles. The number of aliphatic hydroxyl groups excluding tert-OH is 1. The van der Waals surface area contributed by atoms with Gasteiger partial charge in [0.05, 0.1) is 11.8 Å². The summed E-state index contributed by atoms with van der Waals surface area (Å²) in [4.78, 5) is 4.98. The van der Waals surface area contributed by atoms with Crippen LogP contribution in [-0.4, -0.2) is 16.9 Å². The third kappa shape index (κ3) is 4.23. The van der Waals surface area contributed by atoms with Gasteiger partial charge in [0, 0.05) is 11.1 Å². The summed E-state index contributed by atoms with van der Waals surface area (Å²) in [7, 11) is 0. The third-order valence-corrected chi connectivity index (χ3v) is 4.31. The van der Waals surface area contributed by atoms with Gasteiger partial charge in [-0.15, -0.1) is 0 Å². The second-order valence-corrected chi connectivity index (χ2v) is 6.04. The van der Waals surface area contributed by atoms with Crippen molar-refractivity contribution in [3.8, 4) is 0 Å². The van der Waals surface area contributed by atoms with Crippen LogP contribution in [0.3, 0.4) is 0 Å². The van der Waals surface area contributed by atoms with Crippen molar-refractivity contribution in [3.05, 3.63) is 108 Å². The molecule has 0 amide bonds. The van der Waals surface area contributed by atoms with Crippen LogP contribution in [0.1, 0.15) is 36.1 Å². The Morgan fingerprint density at radius 1 is 0.760 bits per heavy atom. The average Bonchev–Trinajstić information content (AvgIpc) is 2.70. The second kappa shape index (κ2) is 8.41. The molecule has 25 heavy (non-hydrogen) atoms. The highest BCUT2D eigenvalue weighted by Gasteiger charge is 2.20. The monoisotopic (exact) mass is 329 g/mol. The van der Waals surface area contributed by atoms with Gasteiger partial charge in [0.25, 0.3) is 0 Å². The first-order valence-corrected chi connectivity index (χ1v) is 8.71. The molecule has 2 atom stereocenters. The minimum atomic E-state index is -0.617. The molecule has 2 heteroatoms. The summed E-state index contributed by atoms with van der Waals surface area (Å²) in [6.45, 7) is 2.06. The number of aliphatic hydroxyl groups is 1. The SMILES string of the molecule is CC[C@H](N=C(c1ccccc1)c1ccccc1)[C@@H](O)c1ccccc1. The number of rotatable bonds is 6. The van der Waals surface area contributed by atoms with Crippen LogP contribution in [0, 0.1) is 0 Å². The molecule has 0 aliphatic carbocycles. The Hall–Kier alpha value is -2.71. The molecule has 0 aliphatic rings. The first-order valence-electron chi connectivity index (χ1n) is 8.71. The first-order chi connectivity index (χ1) is 12.3. The standard InChI is InChI=1S/C23H23NO/c1-2-21(23(25)20-16-10-5-11-17-20)24-22(18-12-6-3-7-13-18)19-14-8-4-9-15-19/h3-17,21,23,25H,2H2,1H3/t21-,23-/m0/s1. The molecule has 3 aromatic carbocycles. The molecule has 0 aliphatic heterocycles. The van der Waals surface area contributed by atoms with Gasteiger partial charge in [-0.2, -0.15) is 0 Å². The van der Waals surface area contributed by atoms with E-state index in [1.54, 1.807) is 0 Å². The van der Waals surface area contributed by atoms with Crippen molar-refractivity contribution in [2.75, 3.05) is 0 Å². The van der Waals surface area contributed by atoms with Crippen LogP contribution in [0.2, 0.25) is 0 Å². The molecule has 0 fully saturated rings. The lowest BCUT2D eigenvalue weighted by molar-refractivity contribution is 0.145. The fraction of sp³-hybridized carbons (Fsp3) is 0.174. The van der Waals surface area contributed by atoms with Crippen molar-refractivity contribution in [1.82, 2.24) is 0 Å². The number of aliphatic imine (C=N–C) groups is 1. The van der Waals surface area contributed by atoms with Gasteiger partial charge in [-0.25, -0.2) is 0 Å². The molecule has 0 unspecified atom stereocenters. The zero-order valence-electron chi connectivity index (χ0n) is 14.4. The van der Waals surface area contributed by atoms with Gasteiger partial charge in [0.15, 0.2) is 0 Å². The van der Waals surface area contributed by atoms with Gasteiger partial charge < -0.3 is 5.11 Å². The van der Waals surface area contributed by atoms with Gasteiger partial charge in [-0.3, -0.25) is 4.99 Å². The van der Waals surface area contributed by atoms with Crippen LogP contribution >= 0.6 is 0 Å². The predicted molar refractivity (Wildman–Crippen MR) is 104 cm³/mol. The minimum absolute atomic E-state index is 0.196. The van der Waals surface area contributed by atoms with E-state index in [0.717, 1.165) is 28.8 Å². The van der Waals surface area contributed by atoms with Gasteiger partial charge in [-0.05, 0) is 12.0 Å². The molecule has 1 N–H and O–H groups in total. The highest BCUT2D eigenvalue weighted by atomic mass is 16.3. The Labute approximate surface area is 149 Å². The van der Waals surface area contributed by atoms with Crippen LogP contribution in [0.4, 0.5) is 0 Å². The fourth-order valence-electron chi connectivity index (χ4n) is 2.93. The molecule has 0 heterocycles. The number of benzene rings is 3. The summed E-state index contributed by atoms with van der Waals surface area (Å²) >= 11 is 0. The van der Waals surface area contributed by atoms with Crippen molar-refractivity contribution in [2.24, 2.45) is 4.99 Å². The molecule has 0 spiro atoms. The fourth-order valence-corrected chi connectivity index (χ4v) is 2.93. The van der Waals surface area contributed by atoms with Crippen LogP contribution in [-0.2, 0) is 0 Å². The normalized spacial score (nSPS) is 13.0. The summed E-state index contributed by atoms with van der Waals surface area (Å²) in [5.41, 5.74) is 3.95.